The Morgan fingerprint density at radius 3 is 2.65 bits per heavy atom. The number of amides is 2. The number of hydrogen-bond donors (Lipinski definition) is 2. The van der Waals surface area contributed by atoms with E-state index in [1.54, 1.807) is 6.07 Å². The number of aromatic nitrogens is 4. The molecule has 0 aromatic carbocycles. The molecule has 2 saturated carbocycles. The topological polar surface area (TPSA) is 108 Å². The first-order valence-corrected chi connectivity index (χ1v) is 15.5. The number of carbonyl (C=O) groups is 2. The first kappa shape index (κ1) is 28.0. The number of fused-ring (bicyclic) bond motifs is 1. The third kappa shape index (κ3) is 5.90. The van der Waals surface area contributed by atoms with Crippen LogP contribution in [-0.4, -0.2) is 74.2 Å². The van der Waals surface area contributed by atoms with E-state index in [1.165, 1.54) is 11.9 Å². The highest BCUT2D eigenvalue weighted by Crippen LogP contribution is 2.56. The van der Waals surface area contributed by atoms with Crippen LogP contribution in [0.3, 0.4) is 0 Å². The van der Waals surface area contributed by atoms with Crippen molar-refractivity contribution in [3.63, 3.8) is 0 Å². The molecule has 4 heterocycles. The monoisotopic (exact) mass is 600 g/mol. The van der Waals surface area contributed by atoms with Gasteiger partial charge in [-0.3, -0.25) is 9.59 Å². The Kier molecular flexibility index (Phi) is 7.21. The van der Waals surface area contributed by atoms with Gasteiger partial charge in [-0.1, -0.05) is 30.7 Å². The summed E-state index contributed by atoms with van der Waals surface area (Å²) < 4.78 is 2.00. The van der Waals surface area contributed by atoms with Crippen molar-refractivity contribution in [3.05, 3.63) is 70.9 Å². The van der Waals surface area contributed by atoms with E-state index >= 15 is 0 Å². The van der Waals surface area contributed by atoms with Crippen molar-refractivity contribution < 1.29 is 9.59 Å². The van der Waals surface area contributed by atoms with Crippen molar-refractivity contribution >= 4 is 40.7 Å². The lowest BCUT2D eigenvalue weighted by Gasteiger charge is -2.32. The number of rotatable bonds is 8. The van der Waals surface area contributed by atoms with Gasteiger partial charge in [-0.05, 0) is 67.7 Å². The van der Waals surface area contributed by atoms with Gasteiger partial charge in [0.2, 0.25) is 5.91 Å². The second-order valence-corrected chi connectivity index (χ2v) is 13.2. The van der Waals surface area contributed by atoms with Gasteiger partial charge in [0.15, 0.2) is 0 Å². The molecule has 3 aromatic heterocycles. The molecule has 10 nitrogen and oxygen atoms in total. The lowest BCUT2D eigenvalue weighted by atomic mass is 9.78. The minimum atomic E-state index is -0.102. The molecule has 11 heteroatoms. The van der Waals surface area contributed by atoms with Gasteiger partial charge < -0.3 is 24.8 Å². The smallest absolute Gasteiger partial charge is 0.257 e. The highest BCUT2D eigenvalue weighted by molar-refractivity contribution is 6.29. The Labute approximate surface area is 256 Å². The van der Waals surface area contributed by atoms with Crippen LogP contribution in [0.15, 0.2) is 54.1 Å². The van der Waals surface area contributed by atoms with Gasteiger partial charge in [0.05, 0.1) is 17.8 Å². The van der Waals surface area contributed by atoms with Crippen molar-refractivity contribution in [2.24, 2.45) is 17.3 Å². The largest absolute Gasteiger partial charge is 0.364 e. The molecule has 1 unspecified atom stereocenters. The predicted molar refractivity (Wildman–Crippen MR) is 166 cm³/mol. The number of halogens is 1. The van der Waals surface area contributed by atoms with Gasteiger partial charge in [-0.25, -0.2) is 15.0 Å². The quantitative estimate of drug-likeness (QED) is 0.387. The zero-order valence-corrected chi connectivity index (χ0v) is 25.3. The highest BCUT2D eigenvalue weighted by atomic mass is 35.5. The van der Waals surface area contributed by atoms with E-state index in [9.17, 15) is 9.59 Å². The maximum absolute atomic E-state index is 13.6. The molecule has 0 spiro atoms. The zero-order valence-electron chi connectivity index (χ0n) is 24.6. The molecular formula is C32H37ClN8O2. The number of hydrogen-bond acceptors (Lipinski definition) is 7. The summed E-state index contributed by atoms with van der Waals surface area (Å²) in [6.07, 6.45) is 15.5. The van der Waals surface area contributed by atoms with E-state index in [-0.39, 0.29) is 29.1 Å². The van der Waals surface area contributed by atoms with Crippen LogP contribution in [0.1, 0.15) is 60.1 Å². The molecule has 2 N–H and O–H groups in total. The molecule has 3 fully saturated rings. The summed E-state index contributed by atoms with van der Waals surface area (Å²) in [6, 6.07) is 3.79. The van der Waals surface area contributed by atoms with Crippen LogP contribution in [0.2, 0.25) is 0 Å². The van der Waals surface area contributed by atoms with Crippen LogP contribution in [0, 0.1) is 17.3 Å². The van der Waals surface area contributed by atoms with Crippen molar-refractivity contribution in [2.75, 3.05) is 43.9 Å². The zero-order chi connectivity index (χ0) is 29.7. The molecule has 2 amide bonds. The summed E-state index contributed by atoms with van der Waals surface area (Å²) in [5.74, 6) is 1.77. The number of carbonyl (C=O) groups excluding carboxylic acids is 2. The summed E-state index contributed by atoms with van der Waals surface area (Å²) in [4.78, 5) is 44.3. The molecule has 3 aliphatic carbocycles. The van der Waals surface area contributed by atoms with Crippen LogP contribution in [-0.2, 0) is 11.3 Å². The molecule has 3 aromatic rings. The van der Waals surface area contributed by atoms with Crippen molar-refractivity contribution in [3.8, 4) is 0 Å². The molecule has 0 bridgehead atoms. The second-order valence-electron chi connectivity index (χ2n) is 12.8. The van der Waals surface area contributed by atoms with E-state index in [0.29, 0.717) is 35.3 Å². The van der Waals surface area contributed by atoms with Gasteiger partial charge >= 0.3 is 0 Å². The number of piperazine rings is 1. The standard InChI is InChI=1S/C32H37ClN8O2/c1-32(7-3-4-22(33)15-32)26-13-24(26)30(42)38-28-14-27(35-19-36-28)34-16-23-18-41-17-21(20-5-6-20)12-25(29(41)37-23)31(43)40-10-8-39(2)9-11-40/h3-4,7,12,14,17-20,24,26H,5-6,8-11,13,15-16H2,1-2H3,(H2,34,35,36,38,42)/t24-,26-,32?/m0/s1. The van der Waals surface area contributed by atoms with Gasteiger partial charge in [-0.2, -0.15) is 0 Å². The average Bonchev–Trinajstić information content (AvgIpc) is 3.92. The number of nitrogens with zero attached hydrogens (tertiary/aromatic N) is 6. The van der Waals surface area contributed by atoms with Crippen molar-refractivity contribution in [1.29, 1.82) is 0 Å². The minimum Gasteiger partial charge on any atom is -0.364 e. The first-order valence-electron chi connectivity index (χ1n) is 15.2. The molecule has 3 atom stereocenters. The SMILES string of the molecule is CN1CCN(C(=O)c2cc(C3CC3)cn3cc(CNc4cc(NC(=O)[C@H]5C[C@@H]5C5(C)C=CC=C(Cl)C5)ncn4)nc23)CC1. The van der Waals surface area contributed by atoms with E-state index in [2.05, 4.69) is 57.8 Å². The molecule has 4 aliphatic rings. The van der Waals surface area contributed by atoms with Crippen molar-refractivity contribution in [1.82, 2.24) is 29.2 Å². The second kappa shape index (κ2) is 11.1. The van der Waals surface area contributed by atoms with Crippen molar-refractivity contribution in [2.45, 2.75) is 45.1 Å². The van der Waals surface area contributed by atoms with E-state index in [0.717, 1.165) is 62.6 Å². The molecule has 1 aliphatic heterocycles. The fraction of sp³-hybridized carbons (Fsp3) is 0.469. The summed E-state index contributed by atoms with van der Waals surface area (Å²) in [7, 11) is 2.09. The molecular weight excluding hydrogens is 564 g/mol. The van der Waals surface area contributed by atoms with E-state index in [1.807, 2.05) is 27.6 Å². The highest BCUT2D eigenvalue weighted by Gasteiger charge is 2.53. The number of anilines is 2. The Morgan fingerprint density at radius 2 is 1.88 bits per heavy atom. The van der Waals surface area contributed by atoms with Crippen LogP contribution in [0.25, 0.3) is 5.65 Å². The molecule has 43 heavy (non-hydrogen) atoms. The van der Waals surface area contributed by atoms with Gasteiger partial charge in [-0.15, -0.1) is 0 Å². The molecule has 1 saturated heterocycles. The maximum Gasteiger partial charge on any atom is 0.257 e. The van der Waals surface area contributed by atoms with Crippen LogP contribution >= 0.6 is 11.6 Å². The molecule has 7 rings (SSSR count). The number of nitrogens with one attached hydrogen (secondary N) is 2. The van der Waals surface area contributed by atoms with Gasteiger partial charge in [0, 0.05) is 55.6 Å². The van der Waals surface area contributed by atoms with Crippen LogP contribution < -0.4 is 10.6 Å². The number of likely N-dealkylation sites (N-methyl/N-ethyl adjacent to an activating group) is 1. The molecule has 0 radical (unpaired) electrons. The molecule has 224 valence electrons. The lowest BCUT2D eigenvalue weighted by molar-refractivity contribution is -0.117. The third-order valence-corrected chi connectivity index (χ3v) is 9.60. The van der Waals surface area contributed by atoms with Crippen LogP contribution in [0.4, 0.5) is 11.6 Å². The maximum atomic E-state index is 13.6. The normalized spacial score (nSPS) is 25.5. The van der Waals surface area contributed by atoms with Gasteiger partial charge in [0.1, 0.15) is 23.6 Å². The Balaban J connectivity index is 1.02. The predicted octanol–water partition coefficient (Wildman–Crippen LogP) is 4.66. The Hall–Kier alpha value is -3.76. The van der Waals surface area contributed by atoms with Gasteiger partial charge in [0.25, 0.3) is 5.91 Å². The van der Waals surface area contributed by atoms with E-state index in [4.69, 9.17) is 16.6 Å². The summed E-state index contributed by atoms with van der Waals surface area (Å²) in [6.45, 7) is 5.78. The summed E-state index contributed by atoms with van der Waals surface area (Å²) >= 11 is 6.29. The fourth-order valence-corrected chi connectivity index (χ4v) is 6.84. The Morgan fingerprint density at radius 1 is 1.09 bits per heavy atom. The number of imidazole rings is 1. The first-order chi connectivity index (χ1) is 20.8. The summed E-state index contributed by atoms with van der Waals surface area (Å²) in [5.41, 5.74) is 3.24. The summed E-state index contributed by atoms with van der Waals surface area (Å²) in [5, 5.41) is 7.11. The fourth-order valence-electron chi connectivity index (χ4n) is 6.48. The Bertz CT molecular complexity index is 1640. The average molecular weight is 601 g/mol. The van der Waals surface area contributed by atoms with Crippen LogP contribution in [0.5, 0.6) is 0 Å². The number of pyridine rings is 1. The minimum absolute atomic E-state index is 0.0284. The van der Waals surface area contributed by atoms with E-state index < -0.39 is 0 Å². The number of allylic oxidation sites excluding steroid dienone is 4. The lowest BCUT2D eigenvalue weighted by Crippen LogP contribution is -2.47. The third-order valence-electron chi connectivity index (χ3n) is 9.34.